The Morgan fingerprint density at radius 2 is 1.77 bits per heavy atom. The Labute approximate surface area is 185 Å². The van der Waals surface area contributed by atoms with Crippen LogP contribution in [-0.4, -0.2) is 61.7 Å². The van der Waals surface area contributed by atoms with E-state index >= 15 is 0 Å². The van der Waals surface area contributed by atoms with Gasteiger partial charge in [-0.1, -0.05) is 18.5 Å². The van der Waals surface area contributed by atoms with Crippen LogP contribution in [0.4, 0.5) is 11.9 Å². The first-order valence-corrected chi connectivity index (χ1v) is 10.8. The van der Waals surface area contributed by atoms with Gasteiger partial charge < -0.3 is 14.7 Å². The number of hydrogen-bond donors (Lipinski definition) is 0. The number of hydrogen-bond acceptors (Lipinski definition) is 7. The number of carbonyl (C=O) groups is 1. The summed E-state index contributed by atoms with van der Waals surface area (Å²) in [6, 6.07) is 7.61. The molecule has 2 aromatic heterocycles. The summed E-state index contributed by atoms with van der Waals surface area (Å²) in [5, 5.41) is 9.63. The van der Waals surface area contributed by atoms with Crippen LogP contribution in [0.15, 0.2) is 36.7 Å². The number of amides is 1. The third kappa shape index (κ3) is 3.69. The number of halogens is 1. The van der Waals surface area contributed by atoms with Crippen LogP contribution in [0.1, 0.15) is 24.7 Å². The molecule has 0 radical (unpaired) electrons. The molecule has 5 rings (SSSR count). The van der Waals surface area contributed by atoms with Crippen LogP contribution in [0.25, 0.3) is 5.69 Å². The fraction of sp³-hybridized carbons (Fsp3) is 0.381. The molecular weight excluding hydrogens is 416 g/mol. The summed E-state index contributed by atoms with van der Waals surface area (Å²) in [4.78, 5) is 27.4. The molecule has 2 aliphatic heterocycles. The lowest BCUT2D eigenvalue weighted by molar-refractivity contribution is -0.132. The second kappa shape index (κ2) is 8.14. The minimum absolute atomic E-state index is 0.0837. The molecule has 9 nitrogen and oxygen atoms in total. The van der Waals surface area contributed by atoms with Crippen LogP contribution in [0.2, 0.25) is 5.02 Å². The summed E-state index contributed by atoms with van der Waals surface area (Å²) in [6.07, 6.45) is 3.97. The molecule has 1 amide bonds. The van der Waals surface area contributed by atoms with Crippen LogP contribution >= 0.6 is 11.6 Å². The molecule has 4 heterocycles. The minimum Gasteiger partial charge on any atom is -0.337 e. The molecule has 0 spiro atoms. The molecule has 2 aliphatic rings. The van der Waals surface area contributed by atoms with E-state index in [1.54, 1.807) is 12.4 Å². The van der Waals surface area contributed by atoms with Gasteiger partial charge in [-0.2, -0.15) is 0 Å². The standard InChI is InChI=1S/C21H23ClN8O/c1-2-19(31)29-13-15-12-16(22)4-5-17(15)30-18(14-29)25-26-21(30)28-10-8-27(9-11-28)20-23-6-3-7-24-20/h3-7,12H,2,8-11,13-14H2,1H3. The maximum absolute atomic E-state index is 12.5. The minimum atomic E-state index is 0.0837. The molecule has 31 heavy (non-hydrogen) atoms. The lowest BCUT2D eigenvalue weighted by atomic mass is 10.1. The van der Waals surface area contributed by atoms with Gasteiger partial charge in [-0.3, -0.25) is 9.36 Å². The topological polar surface area (TPSA) is 83.3 Å². The van der Waals surface area contributed by atoms with Crippen molar-refractivity contribution in [2.45, 2.75) is 26.4 Å². The van der Waals surface area contributed by atoms with E-state index in [0.717, 1.165) is 55.2 Å². The number of fused-ring (bicyclic) bond motifs is 3. The normalized spacial score (nSPS) is 16.0. The highest BCUT2D eigenvalue weighted by Gasteiger charge is 2.29. The number of anilines is 2. The molecule has 0 N–H and O–H groups in total. The Bertz CT molecular complexity index is 1090. The molecule has 0 bridgehead atoms. The van der Waals surface area contributed by atoms with Crippen molar-refractivity contribution < 1.29 is 4.79 Å². The molecule has 1 fully saturated rings. The lowest BCUT2D eigenvalue weighted by Gasteiger charge is -2.35. The lowest BCUT2D eigenvalue weighted by Crippen LogP contribution is -2.48. The summed E-state index contributed by atoms with van der Waals surface area (Å²) in [6.45, 7) is 5.93. The smallest absolute Gasteiger partial charge is 0.232 e. The van der Waals surface area contributed by atoms with E-state index in [9.17, 15) is 4.79 Å². The van der Waals surface area contributed by atoms with Crippen LogP contribution in [0, 0.1) is 0 Å². The van der Waals surface area contributed by atoms with Crippen molar-refractivity contribution in [3.8, 4) is 5.69 Å². The van der Waals surface area contributed by atoms with Crippen LogP contribution < -0.4 is 9.80 Å². The largest absolute Gasteiger partial charge is 0.337 e. The summed E-state index contributed by atoms with van der Waals surface area (Å²) in [5.41, 5.74) is 1.96. The Morgan fingerprint density at radius 3 is 2.52 bits per heavy atom. The highest BCUT2D eigenvalue weighted by Crippen LogP contribution is 2.31. The summed E-state index contributed by atoms with van der Waals surface area (Å²) in [7, 11) is 0. The number of benzene rings is 1. The predicted molar refractivity (Wildman–Crippen MR) is 117 cm³/mol. The monoisotopic (exact) mass is 438 g/mol. The Hall–Kier alpha value is -3.20. The highest BCUT2D eigenvalue weighted by molar-refractivity contribution is 6.30. The van der Waals surface area contributed by atoms with Crippen LogP contribution in [0.3, 0.4) is 0 Å². The van der Waals surface area contributed by atoms with Gasteiger partial charge >= 0.3 is 0 Å². The van der Waals surface area contributed by atoms with E-state index in [4.69, 9.17) is 11.6 Å². The second-order valence-electron chi connectivity index (χ2n) is 7.65. The van der Waals surface area contributed by atoms with E-state index < -0.39 is 0 Å². The van der Waals surface area contributed by atoms with E-state index in [2.05, 4.69) is 34.5 Å². The van der Waals surface area contributed by atoms with E-state index in [0.29, 0.717) is 24.5 Å². The van der Waals surface area contributed by atoms with Crippen molar-refractivity contribution in [3.63, 3.8) is 0 Å². The van der Waals surface area contributed by atoms with Gasteiger partial charge in [-0.05, 0) is 29.8 Å². The van der Waals surface area contributed by atoms with Crippen molar-refractivity contribution >= 4 is 29.4 Å². The third-order valence-corrected chi connectivity index (χ3v) is 5.98. The van der Waals surface area contributed by atoms with E-state index in [-0.39, 0.29) is 5.91 Å². The van der Waals surface area contributed by atoms with Crippen LogP contribution in [0.5, 0.6) is 0 Å². The van der Waals surface area contributed by atoms with Gasteiger partial charge in [0.2, 0.25) is 17.8 Å². The molecule has 10 heteroatoms. The van der Waals surface area contributed by atoms with Gasteiger partial charge in [0.1, 0.15) is 0 Å². The molecule has 0 unspecified atom stereocenters. The van der Waals surface area contributed by atoms with Crippen molar-refractivity contribution in [1.29, 1.82) is 0 Å². The van der Waals surface area contributed by atoms with Gasteiger partial charge in [-0.15, -0.1) is 10.2 Å². The van der Waals surface area contributed by atoms with Gasteiger partial charge in [-0.25, -0.2) is 9.97 Å². The van der Waals surface area contributed by atoms with Gasteiger partial charge in [0.15, 0.2) is 5.82 Å². The van der Waals surface area contributed by atoms with Crippen LogP contribution in [-0.2, 0) is 17.9 Å². The fourth-order valence-electron chi connectivity index (χ4n) is 4.15. The number of rotatable bonds is 3. The maximum atomic E-state index is 12.5. The first-order valence-electron chi connectivity index (χ1n) is 10.4. The molecule has 0 saturated carbocycles. The Balaban J connectivity index is 1.47. The molecule has 3 aromatic rings. The molecular formula is C21H23ClN8O. The van der Waals surface area contributed by atoms with Gasteiger partial charge in [0.25, 0.3) is 0 Å². The number of piperazine rings is 1. The van der Waals surface area contributed by atoms with E-state index in [1.165, 1.54) is 0 Å². The number of carbonyl (C=O) groups excluding carboxylic acids is 1. The quantitative estimate of drug-likeness (QED) is 0.620. The fourth-order valence-corrected chi connectivity index (χ4v) is 4.35. The molecule has 0 aliphatic carbocycles. The highest BCUT2D eigenvalue weighted by atomic mass is 35.5. The molecule has 1 saturated heterocycles. The van der Waals surface area contributed by atoms with Crippen molar-refractivity contribution in [2.24, 2.45) is 0 Å². The summed E-state index contributed by atoms with van der Waals surface area (Å²) >= 11 is 6.28. The zero-order chi connectivity index (χ0) is 21.4. The zero-order valence-electron chi connectivity index (χ0n) is 17.3. The maximum Gasteiger partial charge on any atom is 0.232 e. The van der Waals surface area contributed by atoms with Crippen molar-refractivity contribution in [3.05, 3.63) is 53.1 Å². The summed E-state index contributed by atoms with van der Waals surface area (Å²) in [5.74, 6) is 2.38. The molecule has 1 aromatic carbocycles. The second-order valence-corrected chi connectivity index (χ2v) is 8.09. The van der Waals surface area contributed by atoms with E-state index in [1.807, 2.05) is 36.1 Å². The number of aromatic nitrogens is 5. The Morgan fingerprint density at radius 1 is 1.03 bits per heavy atom. The van der Waals surface area contributed by atoms with Crippen molar-refractivity contribution in [2.75, 3.05) is 36.0 Å². The molecule has 0 atom stereocenters. The Kier molecular flexibility index (Phi) is 5.19. The summed E-state index contributed by atoms with van der Waals surface area (Å²) < 4.78 is 2.07. The molecule has 160 valence electrons. The van der Waals surface area contributed by atoms with Gasteiger partial charge in [0.05, 0.1) is 12.2 Å². The first kappa shape index (κ1) is 19.7. The SMILES string of the molecule is CCC(=O)N1Cc2cc(Cl)ccc2-n2c(nnc2N2CCN(c3ncccn3)CC2)C1. The van der Waals surface area contributed by atoms with Gasteiger partial charge in [0, 0.05) is 56.6 Å². The predicted octanol–water partition coefficient (Wildman–Crippen LogP) is 2.29. The average molecular weight is 439 g/mol. The third-order valence-electron chi connectivity index (χ3n) is 5.74. The number of nitrogens with zero attached hydrogens (tertiary/aromatic N) is 8. The average Bonchev–Trinajstić information content (AvgIpc) is 3.15. The first-order chi connectivity index (χ1) is 15.1. The van der Waals surface area contributed by atoms with Crippen molar-refractivity contribution in [1.82, 2.24) is 29.6 Å². The zero-order valence-corrected chi connectivity index (χ0v) is 18.0.